The third-order valence-electron chi connectivity index (χ3n) is 1.80. The molecule has 2 rings (SSSR count). The van der Waals surface area contributed by atoms with Gasteiger partial charge in [0.2, 0.25) is 0 Å². The number of rotatable bonds is 3. The SMILES string of the molecule is O=S(=O)(Nc1cnns1)c1ccc(Br)c(F)c1. The summed E-state index contributed by atoms with van der Waals surface area (Å²) >= 11 is 3.85. The molecule has 0 aliphatic carbocycles. The Kier molecular flexibility index (Phi) is 3.40. The Hall–Kier alpha value is -1.06. The molecule has 9 heteroatoms. The van der Waals surface area contributed by atoms with Crippen molar-refractivity contribution >= 4 is 42.5 Å². The highest BCUT2D eigenvalue weighted by Gasteiger charge is 2.16. The van der Waals surface area contributed by atoms with Crippen molar-refractivity contribution in [1.82, 2.24) is 9.59 Å². The molecule has 1 aromatic carbocycles. The van der Waals surface area contributed by atoms with E-state index in [2.05, 4.69) is 30.2 Å². The molecule has 2 aromatic rings. The maximum atomic E-state index is 13.2. The Morgan fingerprint density at radius 2 is 2.18 bits per heavy atom. The Balaban J connectivity index is 2.35. The molecule has 0 saturated heterocycles. The van der Waals surface area contributed by atoms with E-state index in [1.54, 1.807) is 0 Å². The van der Waals surface area contributed by atoms with Gasteiger partial charge in [-0.2, -0.15) is 0 Å². The summed E-state index contributed by atoms with van der Waals surface area (Å²) in [5.74, 6) is -0.643. The zero-order chi connectivity index (χ0) is 12.5. The van der Waals surface area contributed by atoms with Crippen molar-refractivity contribution in [1.29, 1.82) is 0 Å². The van der Waals surface area contributed by atoms with Crippen molar-refractivity contribution in [3.63, 3.8) is 0 Å². The second-order valence-corrected chi connectivity index (χ2v) is 6.29. The molecule has 1 heterocycles. The molecule has 0 bridgehead atoms. The van der Waals surface area contributed by atoms with Gasteiger partial charge in [-0.1, -0.05) is 4.49 Å². The first kappa shape index (κ1) is 12.4. The van der Waals surface area contributed by atoms with Gasteiger partial charge in [-0.25, -0.2) is 12.8 Å². The lowest BCUT2D eigenvalue weighted by molar-refractivity contribution is 0.594. The van der Waals surface area contributed by atoms with Gasteiger partial charge in [0.15, 0.2) is 0 Å². The second-order valence-electron chi connectivity index (χ2n) is 2.96. The molecule has 0 aliphatic rings. The number of hydrogen-bond acceptors (Lipinski definition) is 5. The van der Waals surface area contributed by atoms with Crippen LogP contribution >= 0.6 is 27.5 Å². The van der Waals surface area contributed by atoms with Crippen LogP contribution in [0.4, 0.5) is 9.39 Å². The number of sulfonamides is 1. The maximum absolute atomic E-state index is 13.2. The summed E-state index contributed by atoms with van der Waals surface area (Å²) in [5, 5.41) is 3.76. The van der Waals surface area contributed by atoms with E-state index in [1.807, 2.05) is 0 Å². The van der Waals surface area contributed by atoms with Gasteiger partial charge in [-0.3, -0.25) is 4.72 Å². The first-order valence-corrected chi connectivity index (χ1v) is 7.29. The highest BCUT2D eigenvalue weighted by molar-refractivity contribution is 9.10. The minimum Gasteiger partial charge on any atom is -0.268 e. The standard InChI is InChI=1S/C8H5BrFN3O2S2/c9-6-2-1-5(3-7(6)10)17(14,15)12-8-4-11-13-16-8/h1-4,12H. The molecule has 5 nitrogen and oxygen atoms in total. The molecular formula is C8H5BrFN3O2S2. The lowest BCUT2D eigenvalue weighted by Gasteiger charge is -2.05. The molecule has 17 heavy (non-hydrogen) atoms. The minimum absolute atomic E-state index is 0.161. The topological polar surface area (TPSA) is 72.0 Å². The average molecular weight is 338 g/mol. The summed E-state index contributed by atoms with van der Waals surface area (Å²) in [6, 6.07) is 3.56. The van der Waals surface area contributed by atoms with Crippen molar-refractivity contribution in [2.45, 2.75) is 4.90 Å². The van der Waals surface area contributed by atoms with E-state index >= 15 is 0 Å². The van der Waals surface area contributed by atoms with Crippen LogP contribution < -0.4 is 4.72 Å². The highest BCUT2D eigenvalue weighted by Crippen LogP contribution is 2.22. The molecular weight excluding hydrogens is 333 g/mol. The van der Waals surface area contributed by atoms with Gasteiger partial charge in [0.05, 0.1) is 15.6 Å². The van der Waals surface area contributed by atoms with Crippen LogP contribution in [0.3, 0.4) is 0 Å². The Morgan fingerprint density at radius 3 is 2.76 bits per heavy atom. The van der Waals surface area contributed by atoms with Crippen LogP contribution in [0.2, 0.25) is 0 Å². The number of aromatic nitrogens is 2. The van der Waals surface area contributed by atoms with Gasteiger partial charge in [0, 0.05) is 11.5 Å². The second kappa shape index (κ2) is 4.67. The molecule has 0 unspecified atom stereocenters. The number of hydrogen-bond donors (Lipinski definition) is 1. The van der Waals surface area contributed by atoms with E-state index in [1.165, 1.54) is 18.3 Å². The number of anilines is 1. The van der Waals surface area contributed by atoms with Gasteiger partial charge in [-0.05, 0) is 34.1 Å². The number of nitrogens with one attached hydrogen (secondary N) is 1. The summed E-state index contributed by atoms with van der Waals surface area (Å²) in [4.78, 5) is -0.161. The van der Waals surface area contributed by atoms with Crippen molar-refractivity contribution in [2.24, 2.45) is 0 Å². The largest absolute Gasteiger partial charge is 0.268 e. The van der Waals surface area contributed by atoms with E-state index in [4.69, 9.17) is 0 Å². The van der Waals surface area contributed by atoms with Crippen molar-refractivity contribution in [3.8, 4) is 0 Å². The number of halogens is 2. The number of nitrogens with zero attached hydrogens (tertiary/aromatic N) is 2. The van der Waals surface area contributed by atoms with Crippen molar-refractivity contribution in [2.75, 3.05) is 4.72 Å². The van der Waals surface area contributed by atoms with Crippen LogP contribution in [-0.2, 0) is 10.0 Å². The molecule has 0 fully saturated rings. The third-order valence-corrected chi connectivity index (χ3v) is 4.51. The smallest absolute Gasteiger partial charge is 0.262 e. The van der Waals surface area contributed by atoms with Crippen LogP contribution in [0, 0.1) is 5.82 Å². The third kappa shape index (κ3) is 2.79. The van der Waals surface area contributed by atoms with Crippen LogP contribution in [0.1, 0.15) is 0 Å². The van der Waals surface area contributed by atoms with E-state index in [-0.39, 0.29) is 14.4 Å². The van der Waals surface area contributed by atoms with E-state index < -0.39 is 15.8 Å². The van der Waals surface area contributed by atoms with Crippen LogP contribution in [0.25, 0.3) is 0 Å². The summed E-state index contributed by atoms with van der Waals surface area (Å²) in [6.07, 6.45) is 1.28. The average Bonchev–Trinajstić information content (AvgIpc) is 2.73. The fourth-order valence-electron chi connectivity index (χ4n) is 1.05. The zero-order valence-corrected chi connectivity index (χ0v) is 11.3. The van der Waals surface area contributed by atoms with Crippen LogP contribution in [0.5, 0.6) is 0 Å². The van der Waals surface area contributed by atoms with E-state index in [9.17, 15) is 12.8 Å². The van der Waals surface area contributed by atoms with Crippen molar-refractivity contribution < 1.29 is 12.8 Å². The maximum Gasteiger partial charge on any atom is 0.262 e. The molecule has 0 saturated carbocycles. The van der Waals surface area contributed by atoms with Crippen LogP contribution in [0.15, 0.2) is 33.8 Å². The lowest BCUT2D eigenvalue weighted by atomic mass is 10.3. The lowest BCUT2D eigenvalue weighted by Crippen LogP contribution is -2.12. The number of benzene rings is 1. The first-order valence-electron chi connectivity index (χ1n) is 4.24. The summed E-state index contributed by atoms with van der Waals surface area (Å²) in [5.41, 5.74) is 0. The zero-order valence-electron chi connectivity index (χ0n) is 8.09. The first-order chi connectivity index (χ1) is 7.99. The van der Waals surface area contributed by atoms with Crippen molar-refractivity contribution in [3.05, 3.63) is 34.7 Å². The van der Waals surface area contributed by atoms with E-state index in [0.29, 0.717) is 0 Å². The summed E-state index contributed by atoms with van der Waals surface area (Å²) in [6.45, 7) is 0. The van der Waals surface area contributed by atoms with Gasteiger partial charge < -0.3 is 0 Å². The molecule has 1 aromatic heterocycles. The predicted molar refractivity (Wildman–Crippen MR) is 64.8 cm³/mol. The van der Waals surface area contributed by atoms with Gasteiger partial charge in [0.1, 0.15) is 10.8 Å². The molecule has 0 atom stereocenters. The van der Waals surface area contributed by atoms with Gasteiger partial charge in [0.25, 0.3) is 10.0 Å². The monoisotopic (exact) mass is 337 g/mol. The Morgan fingerprint density at radius 1 is 1.41 bits per heavy atom. The normalized spacial score (nSPS) is 11.4. The molecule has 90 valence electrons. The van der Waals surface area contributed by atoms with Gasteiger partial charge >= 0.3 is 0 Å². The molecule has 1 N–H and O–H groups in total. The highest BCUT2D eigenvalue weighted by atomic mass is 79.9. The molecule has 0 spiro atoms. The Labute approximate surface area is 109 Å². The van der Waals surface area contributed by atoms with Gasteiger partial charge in [-0.15, -0.1) is 5.10 Å². The summed E-state index contributed by atoms with van der Waals surface area (Å²) < 4.78 is 42.8. The fraction of sp³-hybridized carbons (Fsp3) is 0. The fourth-order valence-corrected chi connectivity index (χ4v) is 2.99. The van der Waals surface area contributed by atoms with Crippen LogP contribution in [-0.4, -0.2) is 18.0 Å². The molecule has 0 amide bonds. The quantitative estimate of drug-likeness (QED) is 0.932. The summed E-state index contributed by atoms with van der Waals surface area (Å²) in [7, 11) is -3.80. The predicted octanol–water partition coefficient (Wildman–Crippen LogP) is 2.24. The minimum atomic E-state index is -3.80. The molecule has 0 radical (unpaired) electrons. The Bertz CT molecular complexity index is 630. The van der Waals surface area contributed by atoms with E-state index in [0.717, 1.165) is 17.6 Å². The molecule has 0 aliphatic heterocycles.